The number of anilines is 1. The monoisotopic (exact) mass is 319 g/mol. The first kappa shape index (κ1) is 13.7. The van der Waals surface area contributed by atoms with E-state index in [1.165, 1.54) is 17.4 Å². The van der Waals surface area contributed by atoms with Crippen LogP contribution in [0.1, 0.15) is 6.42 Å². The van der Waals surface area contributed by atoms with Crippen molar-refractivity contribution in [3.8, 4) is 0 Å². The molecule has 6 nitrogen and oxygen atoms in total. The van der Waals surface area contributed by atoms with Crippen LogP contribution in [0.15, 0.2) is 22.6 Å². The molecule has 0 aromatic carbocycles. The zero-order chi connectivity index (χ0) is 12.8. The summed E-state index contributed by atoms with van der Waals surface area (Å²) in [7, 11) is 0. The number of rotatable bonds is 5. The van der Waals surface area contributed by atoms with E-state index in [1.54, 1.807) is 6.20 Å². The summed E-state index contributed by atoms with van der Waals surface area (Å²) in [4.78, 5) is 26.1. The zero-order valence-corrected chi connectivity index (χ0v) is 11.0. The highest BCUT2D eigenvalue weighted by molar-refractivity contribution is 9.11. The molecule has 17 heavy (non-hydrogen) atoms. The average molecular weight is 320 g/mol. The van der Waals surface area contributed by atoms with Crippen molar-refractivity contribution in [2.24, 2.45) is 0 Å². The van der Waals surface area contributed by atoms with Crippen LogP contribution < -0.4 is 10.6 Å². The van der Waals surface area contributed by atoms with Gasteiger partial charge < -0.3 is 10.4 Å². The smallest absolute Gasteiger partial charge is 0.326 e. The van der Waals surface area contributed by atoms with Gasteiger partial charge in [0.1, 0.15) is 6.04 Å². The predicted octanol–water partition coefficient (Wildman–Crippen LogP) is 2.06. The summed E-state index contributed by atoms with van der Waals surface area (Å²) < 4.78 is 0.772. The normalized spacial score (nSPS) is 11.6. The van der Waals surface area contributed by atoms with Gasteiger partial charge in [0.15, 0.2) is 5.13 Å². The first-order valence-electron chi connectivity index (χ1n) is 4.55. The molecule has 1 heterocycles. The predicted molar refractivity (Wildman–Crippen MR) is 68.2 cm³/mol. The molecule has 92 valence electrons. The van der Waals surface area contributed by atoms with E-state index in [0.717, 1.165) is 3.79 Å². The zero-order valence-electron chi connectivity index (χ0n) is 8.64. The van der Waals surface area contributed by atoms with Gasteiger partial charge in [0, 0.05) is 0 Å². The molecule has 0 aliphatic rings. The lowest BCUT2D eigenvalue weighted by Crippen LogP contribution is -2.42. The van der Waals surface area contributed by atoms with Gasteiger partial charge in [0.25, 0.3) is 0 Å². The van der Waals surface area contributed by atoms with Crippen molar-refractivity contribution in [3.05, 3.63) is 22.6 Å². The number of urea groups is 1. The number of nitrogens with zero attached hydrogens (tertiary/aromatic N) is 1. The van der Waals surface area contributed by atoms with Crippen LogP contribution in [0.3, 0.4) is 0 Å². The topological polar surface area (TPSA) is 91.3 Å². The number of carbonyl (C=O) groups excluding carboxylic acids is 1. The van der Waals surface area contributed by atoms with Gasteiger partial charge in [0.2, 0.25) is 0 Å². The summed E-state index contributed by atoms with van der Waals surface area (Å²) in [5, 5.41) is 13.9. The lowest BCUT2D eigenvalue weighted by molar-refractivity contribution is -0.139. The van der Waals surface area contributed by atoms with Crippen molar-refractivity contribution < 1.29 is 14.7 Å². The second-order valence-corrected chi connectivity index (χ2v) is 5.39. The Labute approximate surface area is 110 Å². The number of amides is 2. The SMILES string of the molecule is C=CCC(NC(=O)Nc1ncc(Br)s1)C(=O)O. The number of hydrogen-bond donors (Lipinski definition) is 3. The lowest BCUT2D eigenvalue weighted by atomic mass is 10.2. The molecule has 8 heteroatoms. The molecule has 0 saturated heterocycles. The van der Waals surface area contributed by atoms with Crippen LogP contribution in [0.2, 0.25) is 0 Å². The van der Waals surface area contributed by atoms with Gasteiger partial charge >= 0.3 is 12.0 Å². The molecular formula is C9H10BrN3O3S. The molecule has 1 atom stereocenters. The Balaban J connectivity index is 2.53. The molecule has 1 aromatic heterocycles. The van der Waals surface area contributed by atoms with Crippen LogP contribution in [-0.4, -0.2) is 28.1 Å². The summed E-state index contributed by atoms with van der Waals surface area (Å²) in [5.41, 5.74) is 0. The minimum absolute atomic E-state index is 0.157. The van der Waals surface area contributed by atoms with E-state index < -0.39 is 18.0 Å². The molecule has 0 radical (unpaired) electrons. The Hall–Kier alpha value is -1.41. The van der Waals surface area contributed by atoms with E-state index in [-0.39, 0.29) is 6.42 Å². The summed E-state index contributed by atoms with van der Waals surface area (Å²) in [6.07, 6.45) is 3.13. The molecule has 1 rings (SSSR count). The number of hydrogen-bond acceptors (Lipinski definition) is 4. The van der Waals surface area contributed by atoms with E-state index in [2.05, 4.69) is 38.1 Å². The number of carboxylic acids is 1. The van der Waals surface area contributed by atoms with Crippen molar-refractivity contribution in [2.75, 3.05) is 5.32 Å². The summed E-state index contributed by atoms with van der Waals surface area (Å²) in [6.45, 7) is 3.43. The van der Waals surface area contributed by atoms with Gasteiger partial charge in [-0.3, -0.25) is 5.32 Å². The number of halogens is 1. The Morgan fingerprint density at radius 1 is 1.71 bits per heavy atom. The molecule has 1 unspecified atom stereocenters. The Morgan fingerprint density at radius 2 is 2.41 bits per heavy atom. The molecule has 0 fully saturated rings. The lowest BCUT2D eigenvalue weighted by Gasteiger charge is -2.12. The van der Waals surface area contributed by atoms with Crippen molar-refractivity contribution in [2.45, 2.75) is 12.5 Å². The summed E-state index contributed by atoms with van der Waals surface area (Å²) in [6, 6.07) is -1.60. The van der Waals surface area contributed by atoms with Crippen LogP contribution >= 0.6 is 27.3 Å². The fraction of sp³-hybridized carbons (Fsp3) is 0.222. The van der Waals surface area contributed by atoms with Gasteiger partial charge in [-0.1, -0.05) is 17.4 Å². The summed E-state index contributed by atoms with van der Waals surface area (Å²) in [5.74, 6) is -1.11. The first-order valence-corrected chi connectivity index (χ1v) is 6.16. The van der Waals surface area contributed by atoms with Gasteiger partial charge in [-0.15, -0.1) is 6.58 Å². The van der Waals surface area contributed by atoms with E-state index in [4.69, 9.17) is 5.11 Å². The molecule has 2 amide bonds. The van der Waals surface area contributed by atoms with E-state index in [1.807, 2.05) is 0 Å². The maximum atomic E-state index is 11.4. The van der Waals surface area contributed by atoms with Crippen molar-refractivity contribution >= 4 is 44.4 Å². The molecule has 0 aliphatic heterocycles. The standard InChI is InChI=1S/C9H10BrN3O3S/c1-2-3-5(7(14)15)12-8(16)13-9-11-4-6(10)17-9/h2,4-5H,1,3H2,(H,14,15)(H2,11,12,13,16). The van der Waals surface area contributed by atoms with Crippen LogP contribution in [-0.2, 0) is 4.79 Å². The molecule has 0 bridgehead atoms. The van der Waals surface area contributed by atoms with Gasteiger partial charge in [-0.25, -0.2) is 14.6 Å². The van der Waals surface area contributed by atoms with Gasteiger partial charge in [0.05, 0.1) is 9.98 Å². The molecule has 0 saturated carbocycles. The Bertz CT molecular complexity index is 435. The van der Waals surface area contributed by atoms with Crippen molar-refractivity contribution in [1.29, 1.82) is 0 Å². The van der Waals surface area contributed by atoms with Crippen LogP contribution in [0.25, 0.3) is 0 Å². The number of aliphatic carboxylic acids is 1. The van der Waals surface area contributed by atoms with Crippen LogP contribution in [0.5, 0.6) is 0 Å². The molecule has 0 aliphatic carbocycles. The third-order valence-corrected chi connectivity index (χ3v) is 3.10. The molecule has 3 N–H and O–H groups in total. The maximum Gasteiger partial charge on any atom is 0.326 e. The minimum atomic E-state index is -1.11. The van der Waals surface area contributed by atoms with E-state index in [9.17, 15) is 9.59 Å². The molecular weight excluding hydrogens is 310 g/mol. The first-order chi connectivity index (χ1) is 8.02. The largest absolute Gasteiger partial charge is 0.480 e. The Morgan fingerprint density at radius 3 is 2.88 bits per heavy atom. The fourth-order valence-electron chi connectivity index (χ4n) is 0.992. The number of thiazole rings is 1. The maximum absolute atomic E-state index is 11.4. The fourth-order valence-corrected chi connectivity index (χ4v) is 2.09. The quantitative estimate of drug-likeness (QED) is 0.724. The van der Waals surface area contributed by atoms with Crippen molar-refractivity contribution in [3.63, 3.8) is 0 Å². The highest BCUT2D eigenvalue weighted by Crippen LogP contribution is 2.22. The van der Waals surface area contributed by atoms with Gasteiger partial charge in [-0.2, -0.15) is 0 Å². The minimum Gasteiger partial charge on any atom is -0.480 e. The molecule has 0 spiro atoms. The highest BCUT2D eigenvalue weighted by atomic mass is 79.9. The number of carbonyl (C=O) groups is 2. The third-order valence-electron chi connectivity index (χ3n) is 1.70. The van der Waals surface area contributed by atoms with Crippen LogP contribution in [0, 0.1) is 0 Å². The number of aromatic nitrogens is 1. The number of carboxylic acid groups (broad SMARTS) is 1. The number of nitrogens with one attached hydrogen (secondary N) is 2. The van der Waals surface area contributed by atoms with E-state index in [0.29, 0.717) is 5.13 Å². The van der Waals surface area contributed by atoms with Crippen LogP contribution in [0.4, 0.5) is 9.93 Å². The average Bonchev–Trinajstić information content (AvgIpc) is 2.63. The van der Waals surface area contributed by atoms with Gasteiger partial charge in [-0.05, 0) is 22.4 Å². The third kappa shape index (κ3) is 4.53. The second kappa shape index (κ2) is 6.36. The summed E-state index contributed by atoms with van der Waals surface area (Å²) >= 11 is 4.43. The van der Waals surface area contributed by atoms with E-state index >= 15 is 0 Å². The van der Waals surface area contributed by atoms with Crippen molar-refractivity contribution in [1.82, 2.24) is 10.3 Å². The Kier molecular flexibility index (Phi) is 5.11. The molecule has 1 aromatic rings. The highest BCUT2D eigenvalue weighted by Gasteiger charge is 2.18. The second-order valence-electron chi connectivity index (χ2n) is 2.98.